The molecule has 1 amide bonds. The number of benzene rings is 1. The van der Waals surface area contributed by atoms with Gasteiger partial charge in [0.25, 0.3) is 5.91 Å². The summed E-state index contributed by atoms with van der Waals surface area (Å²) >= 11 is 0. The van der Waals surface area contributed by atoms with Crippen molar-refractivity contribution < 1.29 is 4.79 Å². The highest BCUT2D eigenvalue weighted by atomic mass is 16.1. The van der Waals surface area contributed by atoms with Crippen molar-refractivity contribution in [2.45, 2.75) is 13.3 Å². The van der Waals surface area contributed by atoms with E-state index in [1.807, 2.05) is 24.3 Å². The molecular weight excluding hydrogens is 262 g/mol. The van der Waals surface area contributed by atoms with Gasteiger partial charge < -0.3 is 11.1 Å². The van der Waals surface area contributed by atoms with Crippen molar-refractivity contribution >= 4 is 11.6 Å². The van der Waals surface area contributed by atoms with Gasteiger partial charge in [-0.15, -0.1) is 0 Å². The van der Waals surface area contributed by atoms with Crippen LogP contribution in [0.15, 0.2) is 42.6 Å². The molecule has 0 bridgehead atoms. The van der Waals surface area contributed by atoms with E-state index in [4.69, 9.17) is 5.73 Å². The molecule has 3 N–H and O–H groups in total. The highest BCUT2D eigenvalue weighted by molar-refractivity contribution is 6.04. The molecule has 0 saturated carbocycles. The maximum atomic E-state index is 12.3. The zero-order chi connectivity index (χ0) is 15.1. The second-order valence-corrected chi connectivity index (χ2v) is 4.41. The number of carbonyl (C=O) groups is 1. The lowest BCUT2D eigenvalue weighted by Gasteiger charge is -2.06. The Hall–Kier alpha value is -2.64. The Morgan fingerprint density at radius 1 is 1.29 bits per heavy atom. The number of anilines is 1. The summed E-state index contributed by atoms with van der Waals surface area (Å²) in [5, 5.41) is 2.83. The van der Waals surface area contributed by atoms with Gasteiger partial charge in [0, 0.05) is 11.9 Å². The van der Waals surface area contributed by atoms with E-state index in [-0.39, 0.29) is 12.5 Å². The van der Waals surface area contributed by atoms with Crippen LogP contribution in [0.5, 0.6) is 0 Å². The predicted octanol–water partition coefficient (Wildman–Crippen LogP) is 2.21. The van der Waals surface area contributed by atoms with E-state index in [2.05, 4.69) is 29.1 Å². The van der Waals surface area contributed by atoms with Gasteiger partial charge in [0.2, 0.25) is 0 Å². The van der Waals surface area contributed by atoms with Crippen molar-refractivity contribution in [1.29, 1.82) is 0 Å². The molecule has 0 spiro atoms. The predicted molar refractivity (Wildman–Crippen MR) is 83.9 cm³/mol. The molecule has 0 aliphatic carbocycles. The summed E-state index contributed by atoms with van der Waals surface area (Å²) < 4.78 is 0. The summed E-state index contributed by atoms with van der Waals surface area (Å²) in [5.74, 6) is 5.32. The van der Waals surface area contributed by atoms with Crippen LogP contribution >= 0.6 is 0 Å². The zero-order valence-corrected chi connectivity index (χ0v) is 11.9. The van der Waals surface area contributed by atoms with Gasteiger partial charge in [0.05, 0.1) is 12.1 Å². The number of rotatable bonds is 3. The normalized spacial score (nSPS) is 9.62. The number of nitrogens with two attached hydrogens (primary N) is 1. The molecule has 1 heterocycles. The van der Waals surface area contributed by atoms with Gasteiger partial charge >= 0.3 is 0 Å². The van der Waals surface area contributed by atoms with Crippen LogP contribution in [-0.2, 0) is 6.42 Å². The fraction of sp³-hybridized carbons (Fsp3) is 0.176. The maximum Gasteiger partial charge on any atom is 0.275 e. The number of pyridine rings is 1. The summed E-state index contributed by atoms with van der Waals surface area (Å²) in [6, 6.07) is 11.2. The average molecular weight is 279 g/mol. The van der Waals surface area contributed by atoms with E-state index >= 15 is 0 Å². The molecule has 0 saturated heterocycles. The minimum atomic E-state index is -0.277. The first-order chi connectivity index (χ1) is 10.2. The minimum Gasteiger partial charge on any atom is -0.321 e. The molecule has 2 aromatic rings. The number of carbonyl (C=O) groups excluding carboxylic acids is 1. The van der Waals surface area contributed by atoms with Gasteiger partial charge in [0.15, 0.2) is 0 Å². The lowest BCUT2D eigenvalue weighted by molar-refractivity contribution is 0.102. The molecule has 0 aliphatic heterocycles. The number of nitrogens with zero attached hydrogens (tertiary/aromatic N) is 1. The molecule has 0 fully saturated rings. The van der Waals surface area contributed by atoms with Crippen LogP contribution < -0.4 is 11.1 Å². The van der Waals surface area contributed by atoms with Crippen molar-refractivity contribution in [3.05, 3.63) is 59.4 Å². The van der Waals surface area contributed by atoms with E-state index < -0.39 is 0 Å². The van der Waals surface area contributed by atoms with Crippen molar-refractivity contribution in [3.8, 4) is 11.8 Å². The van der Waals surface area contributed by atoms with Crippen molar-refractivity contribution in [2.24, 2.45) is 5.73 Å². The van der Waals surface area contributed by atoms with E-state index in [0.29, 0.717) is 11.3 Å². The standard InChI is InChI=1S/C17H17N3O/c1-2-13-7-9-15(10-8-13)20-17(21)16-14(5-3-11-18)6-4-12-19-16/h4,6-10,12H,2,11,18H2,1H3,(H,20,21). The molecular formula is C17H17N3O. The van der Waals surface area contributed by atoms with Crippen LogP contribution in [-0.4, -0.2) is 17.4 Å². The highest BCUT2D eigenvalue weighted by Crippen LogP contribution is 2.12. The number of aromatic nitrogens is 1. The molecule has 1 aromatic carbocycles. The largest absolute Gasteiger partial charge is 0.321 e. The van der Waals surface area contributed by atoms with Gasteiger partial charge in [-0.1, -0.05) is 30.9 Å². The van der Waals surface area contributed by atoms with Crippen LogP contribution in [0.1, 0.15) is 28.5 Å². The average Bonchev–Trinajstić information content (AvgIpc) is 2.54. The third kappa shape index (κ3) is 3.91. The van der Waals surface area contributed by atoms with Gasteiger partial charge in [-0.3, -0.25) is 4.79 Å². The maximum absolute atomic E-state index is 12.3. The fourth-order valence-corrected chi connectivity index (χ4v) is 1.85. The summed E-state index contributed by atoms with van der Waals surface area (Å²) in [4.78, 5) is 16.4. The second kappa shape index (κ2) is 7.22. The first kappa shape index (κ1) is 14.8. The van der Waals surface area contributed by atoms with Gasteiger partial charge in [-0.2, -0.15) is 0 Å². The van der Waals surface area contributed by atoms with Gasteiger partial charge in [0.1, 0.15) is 5.69 Å². The third-order valence-electron chi connectivity index (χ3n) is 2.97. The van der Waals surface area contributed by atoms with Crippen molar-refractivity contribution in [2.75, 3.05) is 11.9 Å². The third-order valence-corrected chi connectivity index (χ3v) is 2.97. The van der Waals surface area contributed by atoms with Crippen LogP contribution in [0.2, 0.25) is 0 Å². The number of aryl methyl sites for hydroxylation is 1. The Kier molecular flexibility index (Phi) is 5.08. The Bertz CT molecular complexity index is 681. The SMILES string of the molecule is CCc1ccc(NC(=O)c2ncccc2C#CCN)cc1. The number of nitrogens with one attached hydrogen (secondary N) is 1. The lowest BCUT2D eigenvalue weighted by Crippen LogP contribution is -2.15. The Morgan fingerprint density at radius 3 is 2.71 bits per heavy atom. The monoisotopic (exact) mass is 279 g/mol. The van der Waals surface area contributed by atoms with E-state index in [0.717, 1.165) is 12.1 Å². The molecule has 4 heteroatoms. The Labute approximate surface area is 124 Å². The summed E-state index contributed by atoms with van der Waals surface area (Å²) in [7, 11) is 0. The Morgan fingerprint density at radius 2 is 2.05 bits per heavy atom. The molecule has 0 atom stereocenters. The van der Waals surface area contributed by atoms with Crippen LogP contribution in [0.3, 0.4) is 0 Å². The summed E-state index contributed by atoms with van der Waals surface area (Å²) in [6.45, 7) is 2.33. The van der Waals surface area contributed by atoms with Gasteiger partial charge in [-0.25, -0.2) is 4.98 Å². The van der Waals surface area contributed by atoms with Crippen LogP contribution in [0, 0.1) is 11.8 Å². The first-order valence-corrected chi connectivity index (χ1v) is 6.79. The lowest BCUT2D eigenvalue weighted by atomic mass is 10.1. The minimum absolute atomic E-state index is 0.244. The zero-order valence-electron chi connectivity index (χ0n) is 11.9. The molecule has 1 aromatic heterocycles. The topological polar surface area (TPSA) is 68.0 Å². The summed E-state index contributed by atoms with van der Waals surface area (Å²) in [6.07, 6.45) is 2.54. The molecule has 0 aliphatic rings. The Balaban J connectivity index is 2.19. The van der Waals surface area contributed by atoms with E-state index in [1.54, 1.807) is 18.3 Å². The molecule has 4 nitrogen and oxygen atoms in total. The molecule has 21 heavy (non-hydrogen) atoms. The van der Waals surface area contributed by atoms with Crippen molar-refractivity contribution in [1.82, 2.24) is 4.98 Å². The van der Waals surface area contributed by atoms with E-state index in [1.165, 1.54) is 5.56 Å². The molecule has 2 rings (SSSR count). The summed E-state index contributed by atoms with van der Waals surface area (Å²) in [5.41, 5.74) is 8.20. The smallest absolute Gasteiger partial charge is 0.275 e. The first-order valence-electron chi connectivity index (χ1n) is 6.79. The quantitative estimate of drug-likeness (QED) is 0.846. The molecule has 106 valence electrons. The van der Waals surface area contributed by atoms with Crippen molar-refractivity contribution in [3.63, 3.8) is 0 Å². The number of amides is 1. The second-order valence-electron chi connectivity index (χ2n) is 4.41. The van der Waals surface area contributed by atoms with Crippen LogP contribution in [0.4, 0.5) is 5.69 Å². The molecule has 0 unspecified atom stereocenters. The number of hydrogen-bond donors (Lipinski definition) is 2. The number of hydrogen-bond acceptors (Lipinski definition) is 3. The van der Waals surface area contributed by atoms with E-state index in [9.17, 15) is 4.79 Å². The van der Waals surface area contributed by atoms with Crippen LogP contribution in [0.25, 0.3) is 0 Å². The fourth-order valence-electron chi connectivity index (χ4n) is 1.85. The molecule has 0 radical (unpaired) electrons. The highest BCUT2D eigenvalue weighted by Gasteiger charge is 2.11. The van der Waals surface area contributed by atoms with Gasteiger partial charge in [-0.05, 0) is 36.2 Å².